The molecule has 0 saturated carbocycles. The van der Waals surface area contributed by atoms with Crippen LogP contribution in [0.25, 0.3) is 0 Å². The third kappa shape index (κ3) is 2.05. The van der Waals surface area contributed by atoms with Gasteiger partial charge in [0.1, 0.15) is 0 Å². The fourth-order valence-electron chi connectivity index (χ4n) is 0.813. The smallest absolute Gasteiger partial charge is 0.0869 e. The zero-order valence-corrected chi connectivity index (χ0v) is 5.76. The molecule has 0 fully saturated rings. The topological polar surface area (TPSA) is 9.23 Å². The summed E-state index contributed by atoms with van der Waals surface area (Å²) in [7, 11) is 0. The van der Waals surface area contributed by atoms with Gasteiger partial charge in [0.05, 0.1) is 6.10 Å². The van der Waals surface area contributed by atoms with E-state index in [0.717, 1.165) is 19.4 Å². The van der Waals surface area contributed by atoms with Crippen molar-refractivity contribution in [3.63, 3.8) is 0 Å². The minimum Gasteiger partial charge on any atom is -0.373 e. The Balaban J connectivity index is 2.09. The molecule has 0 aliphatic heterocycles. The van der Waals surface area contributed by atoms with Gasteiger partial charge in [-0.3, -0.25) is 0 Å². The maximum absolute atomic E-state index is 5.40. The van der Waals surface area contributed by atoms with E-state index in [2.05, 4.69) is 12.7 Å². The molecule has 0 aromatic rings. The Morgan fingerprint density at radius 1 is 1.78 bits per heavy atom. The summed E-state index contributed by atoms with van der Waals surface area (Å²) in [6.07, 6.45) is 6.44. The molecular weight excluding hydrogens is 112 g/mol. The molecule has 0 spiro atoms. The Labute approximate surface area is 56.0 Å². The first-order valence-electron chi connectivity index (χ1n) is 3.46. The molecule has 0 saturated heterocycles. The number of rotatable bonds is 3. The van der Waals surface area contributed by atoms with Gasteiger partial charge in [0, 0.05) is 13.0 Å². The molecule has 1 nitrogen and oxygen atoms in total. The summed E-state index contributed by atoms with van der Waals surface area (Å²) in [4.78, 5) is 0. The molecular formula is C8H12O. The molecule has 1 unspecified atom stereocenters. The summed E-state index contributed by atoms with van der Waals surface area (Å²) in [5.74, 6) is 0. The van der Waals surface area contributed by atoms with Gasteiger partial charge in [-0.1, -0.05) is 6.92 Å². The highest BCUT2D eigenvalue weighted by Gasteiger charge is 2.03. The lowest BCUT2D eigenvalue weighted by molar-refractivity contribution is 0.0901. The maximum Gasteiger partial charge on any atom is 0.0869 e. The minimum absolute atomic E-state index is 0.324. The van der Waals surface area contributed by atoms with E-state index in [4.69, 9.17) is 4.74 Å². The third-order valence-corrected chi connectivity index (χ3v) is 1.29. The van der Waals surface area contributed by atoms with Crippen molar-refractivity contribution in [2.45, 2.75) is 25.9 Å². The van der Waals surface area contributed by atoms with Crippen molar-refractivity contribution in [3.05, 3.63) is 17.9 Å². The van der Waals surface area contributed by atoms with Gasteiger partial charge >= 0.3 is 0 Å². The van der Waals surface area contributed by atoms with E-state index >= 15 is 0 Å². The molecule has 0 aromatic carbocycles. The van der Waals surface area contributed by atoms with Gasteiger partial charge in [-0.25, -0.2) is 0 Å². The van der Waals surface area contributed by atoms with E-state index in [1.54, 1.807) is 0 Å². The zero-order valence-electron chi connectivity index (χ0n) is 5.76. The SMILES string of the molecule is CCCOC1C=C=CC1. The molecule has 0 aromatic heterocycles. The molecule has 50 valence electrons. The Kier molecular flexibility index (Phi) is 2.56. The number of ether oxygens (including phenoxy) is 1. The second-order valence-corrected chi connectivity index (χ2v) is 2.18. The quantitative estimate of drug-likeness (QED) is 0.522. The highest BCUT2D eigenvalue weighted by atomic mass is 16.5. The lowest BCUT2D eigenvalue weighted by Crippen LogP contribution is -2.06. The molecule has 1 aliphatic rings. The summed E-state index contributed by atoms with van der Waals surface area (Å²) in [6, 6.07) is 0. The Morgan fingerprint density at radius 3 is 3.22 bits per heavy atom. The van der Waals surface area contributed by atoms with Crippen LogP contribution >= 0.6 is 0 Å². The molecule has 1 aliphatic carbocycles. The predicted octanol–water partition coefficient (Wildman–Crippen LogP) is 1.90. The van der Waals surface area contributed by atoms with E-state index in [1.165, 1.54) is 0 Å². The monoisotopic (exact) mass is 124 g/mol. The van der Waals surface area contributed by atoms with Crippen LogP contribution in [0, 0.1) is 0 Å². The van der Waals surface area contributed by atoms with Gasteiger partial charge in [-0.15, -0.1) is 5.73 Å². The van der Waals surface area contributed by atoms with E-state index < -0.39 is 0 Å². The van der Waals surface area contributed by atoms with Crippen LogP contribution in [-0.2, 0) is 4.74 Å². The predicted molar refractivity (Wildman–Crippen MR) is 37.3 cm³/mol. The van der Waals surface area contributed by atoms with Gasteiger partial charge < -0.3 is 4.74 Å². The van der Waals surface area contributed by atoms with Gasteiger partial charge in [0.25, 0.3) is 0 Å². The summed E-state index contributed by atoms with van der Waals surface area (Å²) in [6.45, 7) is 2.99. The van der Waals surface area contributed by atoms with Crippen LogP contribution in [0.5, 0.6) is 0 Å². The van der Waals surface area contributed by atoms with Gasteiger partial charge in [0.2, 0.25) is 0 Å². The Bertz CT molecular complexity index is 132. The second-order valence-electron chi connectivity index (χ2n) is 2.18. The molecule has 0 bridgehead atoms. The largest absolute Gasteiger partial charge is 0.373 e. The molecule has 0 N–H and O–H groups in total. The summed E-state index contributed by atoms with van der Waals surface area (Å²) >= 11 is 0. The van der Waals surface area contributed by atoms with E-state index in [9.17, 15) is 0 Å². The fraction of sp³-hybridized carbons (Fsp3) is 0.625. The van der Waals surface area contributed by atoms with Crippen molar-refractivity contribution in [2.24, 2.45) is 0 Å². The van der Waals surface area contributed by atoms with E-state index in [-0.39, 0.29) is 0 Å². The van der Waals surface area contributed by atoms with Gasteiger partial charge in [-0.05, 0) is 18.6 Å². The average molecular weight is 124 g/mol. The van der Waals surface area contributed by atoms with Crippen molar-refractivity contribution in [1.82, 2.24) is 0 Å². The van der Waals surface area contributed by atoms with Crippen molar-refractivity contribution in [3.8, 4) is 0 Å². The first-order valence-corrected chi connectivity index (χ1v) is 3.46. The lowest BCUT2D eigenvalue weighted by Gasteiger charge is -2.06. The zero-order chi connectivity index (χ0) is 6.53. The highest BCUT2D eigenvalue weighted by Crippen LogP contribution is 2.06. The lowest BCUT2D eigenvalue weighted by atomic mass is 10.3. The van der Waals surface area contributed by atoms with Crippen LogP contribution in [0.3, 0.4) is 0 Å². The summed E-state index contributed by atoms with van der Waals surface area (Å²) < 4.78 is 5.40. The number of hydrogen-bond acceptors (Lipinski definition) is 1. The molecule has 1 heteroatoms. The molecule has 0 amide bonds. The first kappa shape index (κ1) is 6.60. The average Bonchev–Trinajstić information content (AvgIpc) is 2.34. The summed E-state index contributed by atoms with van der Waals surface area (Å²) in [5, 5.41) is 0. The van der Waals surface area contributed by atoms with Gasteiger partial charge in [-0.2, -0.15) is 0 Å². The Hall–Kier alpha value is -0.520. The first-order chi connectivity index (χ1) is 4.43. The van der Waals surface area contributed by atoms with Crippen molar-refractivity contribution >= 4 is 0 Å². The molecule has 9 heavy (non-hydrogen) atoms. The van der Waals surface area contributed by atoms with Crippen molar-refractivity contribution in [1.29, 1.82) is 0 Å². The standard InChI is InChI=1S/C8H12O/c1-2-7-9-8-5-3-4-6-8/h3,6,8H,2,5,7H2,1H3. The van der Waals surface area contributed by atoms with Crippen molar-refractivity contribution in [2.75, 3.05) is 6.61 Å². The Morgan fingerprint density at radius 2 is 2.67 bits per heavy atom. The molecule has 1 rings (SSSR count). The fourth-order valence-corrected chi connectivity index (χ4v) is 0.813. The molecule has 0 radical (unpaired) electrons. The molecule has 1 atom stereocenters. The van der Waals surface area contributed by atoms with E-state index in [0.29, 0.717) is 6.10 Å². The molecule has 0 heterocycles. The van der Waals surface area contributed by atoms with Crippen LogP contribution in [0.2, 0.25) is 0 Å². The minimum atomic E-state index is 0.324. The highest BCUT2D eigenvalue weighted by molar-refractivity contribution is 5.01. The van der Waals surface area contributed by atoms with Crippen LogP contribution in [-0.4, -0.2) is 12.7 Å². The van der Waals surface area contributed by atoms with Crippen molar-refractivity contribution < 1.29 is 4.74 Å². The summed E-state index contributed by atoms with van der Waals surface area (Å²) in [5.41, 5.74) is 3.01. The normalized spacial score (nSPS) is 23.4. The van der Waals surface area contributed by atoms with Crippen LogP contribution in [0.15, 0.2) is 17.9 Å². The van der Waals surface area contributed by atoms with Gasteiger partial charge in [0.15, 0.2) is 0 Å². The van der Waals surface area contributed by atoms with Crippen LogP contribution in [0.1, 0.15) is 19.8 Å². The van der Waals surface area contributed by atoms with Crippen LogP contribution < -0.4 is 0 Å². The van der Waals surface area contributed by atoms with E-state index in [1.807, 2.05) is 12.2 Å². The maximum atomic E-state index is 5.40. The second kappa shape index (κ2) is 3.49. The van der Waals surface area contributed by atoms with Crippen LogP contribution in [0.4, 0.5) is 0 Å². The number of hydrogen-bond donors (Lipinski definition) is 0. The third-order valence-electron chi connectivity index (χ3n) is 1.29.